The predicted octanol–water partition coefficient (Wildman–Crippen LogP) is 3.95. The number of hydrogen-bond donors (Lipinski definition) is 2. The number of aromatic nitrogens is 3. The quantitative estimate of drug-likeness (QED) is 0.278. The highest BCUT2D eigenvalue weighted by Gasteiger charge is 2.28. The zero-order valence-electron chi connectivity index (χ0n) is 23.9. The van der Waals surface area contributed by atoms with E-state index in [0.717, 1.165) is 11.8 Å². The molecule has 5 rings (SSSR count). The second-order valence-corrected chi connectivity index (χ2v) is 12.7. The van der Waals surface area contributed by atoms with E-state index in [-0.39, 0.29) is 34.0 Å². The Bertz CT molecular complexity index is 1880. The first-order valence-corrected chi connectivity index (χ1v) is 15.7. The molecule has 11 nitrogen and oxygen atoms in total. The third-order valence-corrected chi connectivity index (χ3v) is 7.83. The molecule has 0 bridgehead atoms. The molecule has 14 heteroatoms. The van der Waals surface area contributed by atoms with Gasteiger partial charge in [-0.05, 0) is 61.9 Å². The number of nitrogens with one attached hydrogen (secondary N) is 2. The van der Waals surface area contributed by atoms with Gasteiger partial charge in [0.2, 0.25) is 16.0 Å². The number of nitrogens with zero attached hydrogens (tertiary/aromatic N) is 4. The van der Waals surface area contributed by atoms with Crippen molar-refractivity contribution >= 4 is 50.1 Å². The second kappa shape index (κ2) is 11.8. The topological polar surface area (TPSA) is 136 Å². The number of sulfonamides is 1. The molecule has 2 aromatic carbocycles. The van der Waals surface area contributed by atoms with Gasteiger partial charge in [-0.3, -0.25) is 14.2 Å². The zero-order valence-corrected chi connectivity index (χ0v) is 25.5. The van der Waals surface area contributed by atoms with Crippen LogP contribution in [0.2, 0.25) is 5.15 Å². The van der Waals surface area contributed by atoms with E-state index in [1.807, 2.05) is 29.5 Å². The van der Waals surface area contributed by atoms with Gasteiger partial charge in [-0.1, -0.05) is 17.7 Å². The first-order valence-electron chi connectivity index (χ1n) is 13.4. The standard InChI is InChI=1S/C29H30ClFN6O5S/c1-16-13-21(17(2)32-23-9-10-24(30)33-26(23)27(38)35-43(4,40)41)25-22(14-16)28(39)36(3)29(34-25)37-12-11-20(15-37)42-19-7-5-18(31)6-8-19/h5-10,13-14,17,20,32H,11-12,15H2,1-4H3,(H,35,38)/t17-,20-/m1/s1. The van der Waals surface area contributed by atoms with Crippen LogP contribution in [0.1, 0.15) is 41.0 Å². The van der Waals surface area contributed by atoms with Crippen LogP contribution in [0, 0.1) is 12.7 Å². The lowest BCUT2D eigenvalue weighted by Crippen LogP contribution is -2.32. The van der Waals surface area contributed by atoms with Gasteiger partial charge in [-0.25, -0.2) is 27.5 Å². The molecular weight excluding hydrogens is 599 g/mol. The molecule has 0 aliphatic carbocycles. The lowest BCUT2D eigenvalue weighted by Gasteiger charge is -2.23. The SMILES string of the molecule is Cc1cc([C@@H](C)Nc2ccc(Cl)nc2C(=O)NS(C)(=O)=O)c2nc(N3CC[C@@H](Oc4ccc(F)cc4)C3)n(C)c(=O)c2c1. The molecule has 2 N–H and O–H groups in total. The molecule has 2 atom stereocenters. The lowest BCUT2D eigenvalue weighted by molar-refractivity contribution is 0.0977. The Morgan fingerprint density at radius 3 is 2.58 bits per heavy atom. The van der Waals surface area contributed by atoms with Crippen molar-refractivity contribution in [3.8, 4) is 5.75 Å². The predicted molar refractivity (Wildman–Crippen MR) is 163 cm³/mol. The maximum atomic E-state index is 13.6. The molecule has 0 radical (unpaired) electrons. The van der Waals surface area contributed by atoms with Crippen LogP contribution in [0.4, 0.5) is 16.0 Å². The Balaban J connectivity index is 1.48. The number of benzene rings is 2. The van der Waals surface area contributed by atoms with Crippen molar-refractivity contribution in [3.63, 3.8) is 0 Å². The number of rotatable bonds is 8. The third-order valence-electron chi connectivity index (χ3n) is 7.07. The molecule has 1 aliphatic rings. The molecular formula is C29H30ClFN6O5S. The number of carbonyl (C=O) groups excluding carboxylic acids is 1. The summed E-state index contributed by atoms with van der Waals surface area (Å²) in [5.74, 6) is -0.241. The fourth-order valence-electron chi connectivity index (χ4n) is 5.12. The number of hydrogen-bond acceptors (Lipinski definition) is 9. The van der Waals surface area contributed by atoms with Gasteiger partial charge in [0.15, 0.2) is 5.69 Å². The van der Waals surface area contributed by atoms with Crippen LogP contribution in [0.15, 0.2) is 53.3 Å². The molecule has 226 valence electrons. The van der Waals surface area contributed by atoms with Crippen molar-refractivity contribution in [2.24, 2.45) is 7.05 Å². The van der Waals surface area contributed by atoms with Crippen LogP contribution < -0.4 is 25.2 Å². The highest BCUT2D eigenvalue weighted by atomic mass is 35.5. The molecule has 2 aromatic heterocycles. The Labute approximate surface area is 252 Å². The first-order chi connectivity index (χ1) is 20.3. The summed E-state index contributed by atoms with van der Waals surface area (Å²) in [4.78, 5) is 37.3. The molecule has 4 aromatic rings. The van der Waals surface area contributed by atoms with Crippen molar-refractivity contribution in [1.29, 1.82) is 0 Å². The van der Waals surface area contributed by atoms with Crippen LogP contribution in [-0.4, -0.2) is 54.3 Å². The van der Waals surface area contributed by atoms with Crippen molar-refractivity contribution in [2.75, 3.05) is 29.6 Å². The van der Waals surface area contributed by atoms with Crippen LogP contribution in [0.25, 0.3) is 10.9 Å². The van der Waals surface area contributed by atoms with E-state index in [1.165, 1.54) is 28.8 Å². The molecule has 3 heterocycles. The van der Waals surface area contributed by atoms with E-state index in [0.29, 0.717) is 47.7 Å². The monoisotopic (exact) mass is 628 g/mol. The summed E-state index contributed by atoms with van der Waals surface area (Å²) in [6.45, 7) is 4.79. The second-order valence-electron chi connectivity index (χ2n) is 10.6. The summed E-state index contributed by atoms with van der Waals surface area (Å²) in [5.41, 5.74) is 1.84. The molecule has 1 amide bonds. The minimum Gasteiger partial charge on any atom is -0.489 e. The summed E-state index contributed by atoms with van der Waals surface area (Å²) < 4.78 is 46.1. The molecule has 0 spiro atoms. The van der Waals surface area contributed by atoms with Crippen LogP contribution in [0.5, 0.6) is 5.75 Å². The number of amides is 1. The lowest BCUT2D eigenvalue weighted by atomic mass is 10.0. The fraction of sp³-hybridized carbons (Fsp3) is 0.310. The van der Waals surface area contributed by atoms with Gasteiger partial charge in [0.05, 0.1) is 35.4 Å². The van der Waals surface area contributed by atoms with E-state index < -0.39 is 22.0 Å². The van der Waals surface area contributed by atoms with E-state index in [2.05, 4.69) is 10.3 Å². The number of aryl methyl sites for hydroxylation is 1. The number of pyridine rings is 1. The highest BCUT2D eigenvalue weighted by molar-refractivity contribution is 7.89. The average Bonchev–Trinajstić information content (AvgIpc) is 3.40. The van der Waals surface area contributed by atoms with Crippen molar-refractivity contribution in [1.82, 2.24) is 19.3 Å². The normalized spacial score (nSPS) is 15.9. The van der Waals surface area contributed by atoms with Crippen molar-refractivity contribution < 1.29 is 22.3 Å². The number of fused-ring (bicyclic) bond motifs is 1. The first kappa shape index (κ1) is 30.2. The summed E-state index contributed by atoms with van der Waals surface area (Å²) in [5, 5.41) is 3.66. The zero-order chi connectivity index (χ0) is 31.1. The maximum Gasteiger partial charge on any atom is 0.285 e. The molecule has 43 heavy (non-hydrogen) atoms. The smallest absolute Gasteiger partial charge is 0.285 e. The maximum absolute atomic E-state index is 13.6. The summed E-state index contributed by atoms with van der Waals surface area (Å²) in [6.07, 6.45) is 1.38. The van der Waals surface area contributed by atoms with Crippen LogP contribution in [0.3, 0.4) is 0 Å². The molecule has 0 saturated carbocycles. The molecule has 1 fully saturated rings. The molecule has 1 saturated heterocycles. The van der Waals surface area contributed by atoms with Gasteiger partial charge >= 0.3 is 0 Å². The molecule has 0 unspecified atom stereocenters. The van der Waals surface area contributed by atoms with E-state index >= 15 is 0 Å². The molecule has 1 aliphatic heterocycles. The van der Waals surface area contributed by atoms with Crippen molar-refractivity contribution in [2.45, 2.75) is 32.4 Å². The minimum atomic E-state index is -3.85. The van der Waals surface area contributed by atoms with Gasteiger partial charge in [0.25, 0.3) is 11.5 Å². The Hall–Kier alpha value is -4.23. The Morgan fingerprint density at radius 2 is 1.88 bits per heavy atom. The van der Waals surface area contributed by atoms with Gasteiger partial charge in [-0.2, -0.15) is 0 Å². The summed E-state index contributed by atoms with van der Waals surface area (Å²) >= 11 is 6.01. The van der Waals surface area contributed by atoms with Gasteiger partial charge in [-0.15, -0.1) is 0 Å². The van der Waals surface area contributed by atoms with Gasteiger partial charge < -0.3 is 15.0 Å². The summed E-state index contributed by atoms with van der Waals surface area (Å²) in [6, 6.07) is 12.1. The number of carbonyl (C=O) groups is 1. The number of anilines is 2. The van der Waals surface area contributed by atoms with E-state index in [9.17, 15) is 22.4 Å². The fourth-order valence-corrected chi connectivity index (χ4v) is 5.70. The minimum absolute atomic E-state index is 0.0139. The number of halogens is 2. The number of ether oxygens (including phenoxy) is 1. The van der Waals surface area contributed by atoms with Crippen molar-refractivity contribution in [3.05, 3.63) is 86.7 Å². The van der Waals surface area contributed by atoms with Gasteiger partial charge in [0, 0.05) is 25.6 Å². The Kier molecular flexibility index (Phi) is 8.30. The Morgan fingerprint density at radius 1 is 1.16 bits per heavy atom. The van der Waals surface area contributed by atoms with E-state index in [1.54, 1.807) is 25.2 Å². The highest BCUT2D eigenvalue weighted by Crippen LogP contribution is 2.30. The summed E-state index contributed by atoms with van der Waals surface area (Å²) in [7, 11) is -2.17. The van der Waals surface area contributed by atoms with E-state index in [4.69, 9.17) is 21.3 Å². The largest absolute Gasteiger partial charge is 0.489 e. The average molecular weight is 629 g/mol. The van der Waals surface area contributed by atoms with Gasteiger partial charge in [0.1, 0.15) is 22.8 Å². The van der Waals surface area contributed by atoms with Crippen LogP contribution >= 0.6 is 11.6 Å². The third kappa shape index (κ3) is 6.73. The van der Waals surface area contributed by atoms with Crippen LogP contribution in [-0.2, 0) is 17.1 Å².